The standard InChI is InChI=1S/C17H13ClN2O4/c18-13-8-6-11(7-9-13)14(10-20(22)23)15-16(19-24-17(15)21)12-4-2-1-3-5-12/h1-9,14,19H,10H2. The number of nitrogens with one attached hydrogen (secondary N) is 1. The van der Waals surface area contributed by atoms with Crippen LogP contribution in [0.4, 0.5) is 0 Å². The van der Waals surface area contributed by atoms with Crippen LogP contribution in [-0.4, -0.2) is 16.6 Å². The van der Waals surface area contributed by atoms with Crippen molar-refractivity contribution in [2.24, 2.45) is 0 Å². The number of nitro groups is 1. The molecule has 122 valence electrons. The Kier molecular flexibility index (Phi) is 4.48. The van der Waals surface area contributed by atoms with Crippen molar-refractivity contribution in [3.05, 3.63) is 91.3 Å². The van der Waals surface area contributed by atoms with Gasteiger partial charge in [-0.3, -0.25) is 10.1 Å². The molecule has 0 spiro atoms. The minimum Gasteiger partial charge on any atom is -0.338 e. The van der Waals surface area contributed by atoms with E-state index in [2.05, 4.69) is 5.16 Å². The highest BCUT2D eigenvalue weighted by molar-refractivity contribution is 6.30. The second-order valence-electron chi connectivity index (χ2n) is 5.27. The second-order valence-corrected chi connectivity index (χ2v) is 5.70. The summed E-state index contributed by atoms with van der Waals surface area (Å²) in [6, 6.07) is 15.7. The molecule has 1 atom stereocenters. The van der Waals surface area contributed by atoms with Crippen LogP contribution in [0.5, 0.6) is 0 Å². The summed E-state index contributed by atoms with van der Waals surface area (Å²) in [5, 5.41) is 14.2. The lowest BCUT2D eigenvalue weighted by Gasteiger charge is -2.12. The molecule has 0 radical (unpaired) electrons. The van der Waals surface area contributed by atoms with E-state index < -0.39 is 23.0 Å². The Morgan fingerprint density at radius 2 is 1.79 bits per heavy atom. The molecule has 6 nitrogen and oxygen atoms in total. The molecule has 0 saturated carbocycles. The maximum atomic E-state index is 12.2. The van der Waals surface area contributed by atoms with E-state index in [1.165, 1.54) is 0 Å². The summed E-state index contributed by atoms with van der Waals surface area (Å²) < 4.78 is 4.93. The predicted octanol–water partition coefficient (Wildman–Crippen LogP) is 3.70. The molecular weight excluding hydrogens is 332 g/mol. The highest BCUT2D eigenvalue weighted by Crippen LogP contribution is 2.31. The molecule has 0 aliphatic carbocycles. The van der Waals surface area contributed by atoms with Crippen LogP contribution in [0.15, 0.2) is 63.9 Å². The Labute approximate surface area is 141 Å². The quantitative estimate of drug-likeness (QED) is 0.564. The van der Waals surface area contributed by atoms with E-state index in [-0.39, 0.29) is 5.56 Å². The molecule has 24 heavy (non-hydrogen) atoms. The van der Waals surface area contributed by atoms with Crippen LogP contribution in [0.2, 0.25) is 5.02 Å². The molecule has 1 heterocycles. The molecule has 1 aromatic heterocycles. The van der Waals surface area contributed by atoms with Gasteiger partial charge >= 0.3 is 5.63 Å². The first-order chi connectivity index (χ1) is 11.6. The average Bonchev–Trinajstić information content (AvgIpc) is 2.96. The summed E-state index contributed by atoms with van der Waals surface area (Å²) >= 11 is 5.89. The molecule has 0 saturated heterocycles. The van der Waals surface area contributed by atoms with E-state index in [1.807, 2.05) is 18.2 Å². The molecule has 0 aliphatic rings. The maximum absolute atomic E-state index is 12.2. The Morgan fingerprint density at radius 1 is 1.12 bits per heavy atom. The van der Waals surface area contributed by atoms with Gasteiger partial charge in [-0.1, -0.05) is 54.1 Å². The fourth-order valence-corrected chi connectivity index (χ4v) is 2.78. The lowest BCUT2D eigenvalue weighted by molar-refractivity contribution is -0.481. The van der Waals surface area contributed by atoms with Gasteiger partial charge in [-0.25, -0.2) is 9.95 Å². The van der Waals surface area contributed by atoms with Crippen LogP contribution in [0.3, 0.4) is 0 Å². The topological polar surface area (TPSA) is 89.1 Å². The number of aromatic amines is 1. The Balaban J connectivity index is 2.15. The zero-order valence-corrected chi connectivity index (χ0v) is 13.2. The first-order valence-electron chi connectivity index (χ1n) is 7.20. The fraction of sp³-hybridized carbons (Fsp3) is 0.118. The molecule has 1 N–H and O–H groups in total. The van der Waals surface area contributed by atoms with Crippen molar-refractivity contribution >= 4 is 11.6 Å². The van der Waals surface area contributed by atoms with Crippen LogP contribution >= 0.6 is 11.6 Å². The average molecular weight is 345 g/mol. The van der Waals surface area contributed by atoms with Gasteiger partial charge in [0.05, 0.1) is 17.2 Å². The first-order valence-corrected chi connectivity index (χ1v) is 7.58. The smallest absolute Gasteiger partial charge is 0.338 e. The van der Waals surface area contributed by atoms with E-state index in [0.29, 0.717) is 16.3 Å². The highest BCUT2D eigenvalue weighted by atomic mass is 35.5. The third-order valence-electron chi connectivity index (χ3n) is 3.75. The number of benzene rings is 2. The third kappa shape index (κ3) is 3.23. The summed E-state index contributed by atoms with van der Waals surface area (Å²) in [6.07, 6.45) is 0. The van der Waals surface area contributed by atoms with Gasteiger partial charge in [0, 0.05) is 15.5 Å². The van der Waals surface area contributed by atoms with Crippen LogP contribution in [0, 0.1) is 10.1 Å². The van der Waals surface area contributed by atoms with Gasteiger partial charge in [-0.2, -0.15) is 0 Å². The Hall–Kier alpha value is -2.86. The van der Waals surface area contributed by atoms with Crippen LogP contribution in [0.25, 0.3) is 11.3 Å². The third-order valence-corrected chi connectivity index (χ3v) is 4.00. The molecule has 3 aromatic rings. The van der Waals surface area contributed by atoms with Crippen molar-refractivity contribution < 1.29 is 9.45 Å². The van der Waals surface area contributed by atoms with E-state index in [4.69, 9.17) is 16.1 Å². The summed E-state index contributed by atoms with van der Waals surface area (Å²) in [4.78, 5) is 22.9. The van der Waals surface area contributed by atoms with E-state index in [1.54, 1.807) is 36.4 Å². The number of aromatic nitrogens is 1. The number of hydrogen-bond acceptors (Lipinski definition) is 4. The maximum Gasteiger partial charge on any atom is 0.361 e. The monoisotopic (exact) mass is 344 g/mol. The highest BCUT2D eigenvalue weighted by Gasteiger charge is 2.29. The Bertz CT molecular complexity index is 900. The zero-order chi connectivity index (χ0) is 17.1. The zero-order valence-electron chi connectivity index (χ0n) is 12.4. The van der Waals surface area contributed by atoms with Crippen LogP contribution < -0.4 is 5.63 Å². The summed E-state index contributed by atoms with van der Waals surface area (Å²) in [7, 11) is 0. The fourth-order valence-electron chi connectivity index (χ4n) is 2.65. The lowest BCUT2D eigenvalue weighted by atomic mass is 9.90. The van der Waals surface area contributed by atoms with Gasteiger partial charge in [0.1, 0.15) is 0 Å². The van der Waals surface area contributed by atoms with Gasteiger partial charge in [0.15, 0.2) is 0 Å². The predicted molar refractivity (Wildman–Crippen MR) is 89.9 cm³/mol. The molecule has 0 fully saturated rings. The lowest BCUT2D eigenvalue weighted by Crippen LogP contribution is -2.19. The minimum atomic E-state index is -0.741. The van der Waals surface area contributed by atoms with Crippen molar-refractivity contribution in [1.82, 2.24) is 5.16 Å². The molecule has 0 bridgehead atoms. The van der Waals surface area contributed by atoms with Gasteiger partial charge in [-0.15, -0.1) is 0 Å². The number of nitrogens with zero attached hydrogens (tertiary/aromatic N) is 1. The van der Waals surface area contributed by atoms with Gasteiger partial charge in [0.2, 0.25) is 6.54 Å². The number of rotatable bonds is 5. The molecule has 1 unspecified atom stereocenters. The summed E-state index contributed by atoms with van der Waals surface area (Å²) in [6.45, 7) is -0.427. The molecule has 7 heteroatoms. The van der Waals surface area contributed by atoms with Crippen LogP contribution in [-0.2, 0) is 0 Å². The molecule has 0 amide bonds. The van der Waals surface area contributed by atoms with Crippen molar-refractivity contribution in [3.63, 3.8) is 0 Å². The van der Waals surface area contributed by atoms with Gasteiger partial charge < -0.3 is 4.52 Å². The number of H-pyrrole nitrogens is 1. The largest absolute Gasteiger partial charge is 0.361 e. The number of halogens is 1. The van der Waals surface area contributed by atoms with Crippen molar-refractivity contribution in [3.8, 4) is 11.3 Å². The SMILES string of the molecule is O=c1o[nH]c(-c2ccccc2)c1C(C[N+](=O)[O-])c1ccc(Cl)cc1. The molecule has 0 aliphatic heterocycles. The van der Waals surface area contributed by atoms with Crippen molar-refractivity contribution in [2.75, 3.05) is 6.54 Å². The van der Waals surface area contributed by atoms with E-state index in [9.17, 15) is 14.9 Å². The van der Waals surface area contributed by atoms with Crippen molar-refractivity contribution in [2.45, 2.75) is 5.92 Å². The summed E-state index contributed by atoms with van der Waals surface area (Å²) in [5.41, 5.74) is 1.42. The van der Waals surface area contributed by atoms with E-state index in [0.717, 1.165) is 5.56 Å². The van der Waals surface area contributed by atoms with Gasteiger partial charge in [0.25, 0.3) is 0 Å². The minimum absolute atomic E-state index is 0.236. The second kappa shape index (κ2) is 6.72. The molecule has 2 aromatic carbocycles. The molecular formula is C17H13ClN2O4. The van der Waals surface area contributed by atoms with E-state index >= 15 is 0 Å². The molecule has 3 rings (SSSR count). The van der Waals surface area contributed by atoms with Crippen molar-refractivity contribution in [1.29, 1.82) is 0 Å². The van der Waals surface area contributed by atoms with Crippen LogP contribution in [0.1, 0.15) is 17.0 Å². The van der Waals surface area contributed by atoms with Gasteiger partial charge in [-0.05, 0) is 17.7 Å². The normalized spacial score (nSPS) is 12.0. The number of hydrogen-bond donors (Lipinski definition) is 1. The summed E-state index contributed by atoms with van der Waals surface area (Å²) in [5.74, 6) is -0.741. The Morgan fingerprint density at radius 3 is 2.42 bits per heavy atom. The first kappa shape index (κ1) is 16.0.